The second-order valence-corrected chi connectivity index (χ2v) is 4.03. The highest BCUT2D eigenvalue weighted by Crippen LogP contribution is 2.12. The molecule has 16 heavy (non-hydrogen) atoms. The van der Waals surface area contributed by atoms with E-state index in [1.165, 1.54) is 12.0 Å². The Morgan fingerprint density at radius 3 is 2.50 bits per heavy atom. The molecule has 94 valence electrons. The summed E-state index contributed by atoms with van der Waals surface area (Å²) < 4.78 is 5.11. The molecule has 0 aliphatic rings. The number of nitrogens with two attached hydrogens (primary N) is 1. The average Bonchev–Trinajstić information content (AvgIpc) is 2.27. The van der Waals surface area contributed by atoms with Gasteiger partial charge in [-0.15, -0.1) is 0 Å². The van der Waals surface area contributed by atoms with Crippen molar-refractivity contribution in [3.63, 3.8) is 0 Å². The summed E-state index contributed by atoms with van der Waals surface area (Å²) in [6.07, 6.45) is 0.796. The minimum atomic E-state index is -0.898. The van der Waals surface area contributed by atoms with E-state index in [0.717, 1.165) is 6.42 Å². The third-order valence-corrected chi connectivity index (χ3v) is 2.29. The molecule has 0 aromatic heterocycles. The van der Waals surface area contributed by atoms with Crippen LogP contribution in [-0.4, -0.2) is 47.7 Å². The van der Waals surface area contributed by atoms with Crippen LogP contribution in [0.5, 0.6) is 0 Å². The van der Waals surface area contributed by atoms with Crippen molar-refractivity contribution in [2.75, 3.05) is 20.2 Å². The summed E-state index contributed by atoms with van der Waals surface area (Å²) in [6.45, 7) is 5.97. The van der Waals surface area contributed by atoms with Crippen LogP contribution in [-0.2, 0) is 9.53 Å². The monoisotopic (exact) mass is 231 g/mol. The number of oxime groups is 1. The minimum Gasteiger partial charge on any atom is -0.409 e. The number of amides is 1. The zero-order valence-corrected chi connectivity index (χ0v) is 10.4. The highest BCUT2D eigenvalue weighted by Gasteiger charge is 2.31. The van der Waals surface area contributed by atoms with Gasteiger partial charge in [0.05, 0.1) is 6.54 Å². The summed E-state index contributed by atoms with van der Waals surface area (Å²) in [5.41, 5.74) is 4.49. The summed E-state index contributed by atoms with van der Waals surface area (Å²) in [7, 11) is 1.48. The van der Waals surface area contributed by atoms with Gasteiger partial charge in [0.25, 0.3) is 5.91 Å². The first-order chi connectivity index (χ1) is 7.38. The number of methoxy groups -OCH3 is 1. The van der Waals surface area contributed by atoms with Crippen LogP contribution in [0.4, 0.5) is 0 Å². The quantitative estimate of drug-likeness (QED) is 0.300. The van der Waals surface area contributed by atoms with Gasteiger partial charge in [0, 0.05) is 13.7 Å². The lowest BCUT2D eigenvalue weighted by Gasteiger charge is -2.30. The SMILES string of the molecule is CCCN(CC(N)=NO)C(=O)C(C)(C)OC. The van der Waals surface area contributed by atoms with Crippen LogP contribution in [0.1, 0.15) is 27.2 Å². The Labute approximate surface area is 96.0 Å². The van der Waals surface area contributed by atoms with E-state index in [0.29, 0.717) is 6.54 Å². The van der Waals surface area contributed by atoms with Gasteiger partial charge in [-0.05, 0) is 20.3 Å². The van der Waals surface area contributed by atoms with Crippen LogP contribution in [0.25, 0.3) is 0 Å². The Morgan fingerprint density at radius 1 is 1.56 bits per heavy atom. The number of rotatable bonds is 6. The Hall–Kier alpha value is -1.30. The predicted molar refractivity (Wildman–Crippen MR) is 61.4 cm³/mol. The molecule has 0 fully saturated rings. The first-order valence-corrected chi connectivity index (χ1v) is 5.20. The standard InChI is InChI=1S/C10H21N3O3/c1-5-6-13(7-8(11)12-15)9(14)10(2,3)16-4/h15H,5-7H2,1-4H3,(H2,11,12). The number of amidine groups is 1. The molecule has 0 saturated heterocycles. The number of nitrogens with zero attached hydrogens (tertiary/aromatic N) is 2. The van der Waals surface area contributed by atoms with Gasteiger partial charge in [0.1, 0.15) is 5.60 Å². The molecule has 0 radical (unpaired) electrons. The number of hydrogen-bond donors (Lipinski definition) is 2. The molecule has 0 spiro atoms. The highest BCUT2D eigenvalue weighted by molar-refractivity contribution is 5.90. The lowest BCUT2D eigenvalue weighted by Crippen LogP contribution is -2.49. The number of hydrogen-bond acceptors (Lipinski definition) is 4. The molecule has 0 aliphatic heterocycles. The van der Waals surface area contributed by atoms with Gasteiger partial charge in [0.2, 0.25) is 0 Å². The van der Waals surface area contributed by atoms with Crippen molar-refractivity contribution in [3.05, 3.63) is 0 Å². The number of ether oxygens (including phenoxy) is 1. The van der Waals surface area contributed by atoms with Crippen molar-refractivity contribution in [1.82, 2.24) is 4.90 Å². The van der Waals surface area contributed by atoms with Crippen LogP contribution < -0.4 is 5.73 Å². The molecule has 0 unspecified atom stereocenters. The first kappa shape index (κ1) is 14.7. The molecule has 3 N–H and O–H groups in total. The molecule has 0 saturated carbocycles. The largest absolute Gasteiger partial charge is 0.409 e. The van der Waals surface area contributed by atoms with Gasteiger partial charge in [-0.1, -0.05) is 12.1 Å². The van der Waals surface area contributed by atoms with E-state index in [1.807, 2.05) is 6.92 Å². The molecular formula is C10H21N3O3. The summed E-state index contributed by atoms with van der Waals surface area (Å²) in [5.74, 6) is -0.169. The summed E-state index contributed by atoms with van der Waals surface area (Å²) in [4.78, 5) is 13.6. The molecule has 6 heteroatoms. The van der Waals surface area contributed by atoms with Gasteiger partial charge in [-0.25, -0.2) is 0 Å². The van der Waals surface area contributed by atoms with E-state index in [-0.39, 0.29) is 18.3 Å². The second kappa shape index (κ2) is 6.32. The fourth-order valence-electron chi connectivity index (χ4n) is 1.22. The van der Waals surface area contributed by atoms with Gasteiger partial charge < -0.3 is 20.6 Å². The maximum absolute atomic E-state index is 12.0. The fraction of sp³-hybridized carbons (Fsp3) is 0.800. The topological polar surface area (TPSA) is 88.1 Å². The second-order valence-electron chi connectivity index (χ2n) is 4.03. The van der Waals surface area contributed by atoms with Gasteiger partial charge in [-0.3, -0.25) is 4.79 Å². The van der Waals surface area contributed by atoms with Crippen molar-refractivity contribution < 1.29 is 14.7 Å². The third-order valence-electron chi connectivity index (χ3n) is 2.29. The molecule has 0 aromatic carbocycles. The zero-order chi connectivity index (χ0) is 12.8. The van der Waals surface area contributed by atoms with E-state index in [2.05, 4.69) is 5.16 Å². The maximum atomic E-state index is 12.0. The molecular weight excluding hydrogens is 210 g/mol. The first-order valence-electron chi connectivity index (χ1n) is 5.20. The molecule has 0 aromatic rings. The fourth-order valence-corrected chi connectivity index (χ4v) is 1.22. The van der Waals surface area contributed by atoms with Crippen LogP contribution in [0, 0.1) is 0 Å². The maximum Gasteiger partial charge on any atom is 0.254 e. The van der Waals surface area contributed by atoms with Crippen LogP contribution in [0.15, 0.2) is 5.16 Å². The van der Waals surface area contributed by atoms with Crippen molar-refractivity contribution in [1.29, 1.82) is 0 Å². The Morgan fingerprint density at radius 2 is 2.12 bits per heavy atom. The number of carbonyl (C=O) groups is 1. The van der Waals surface area contributed by atoms with E-state index in [4.69, 9.17) is 15.7 Å². The summed E-state index contributed by atoms with van der Waals surface area (Å²) >= 11 is 0. The lowest BCUT2D eigenvalue weighted by atomic mass is 10.1. The lowest BCUT2D eigenvalue weighted by molar-refractivity contribution is -0.150. The smallest absolute Gasteiger partial charge is 0.254 e. The van der Waals surface area contributed by atoms with E-state index >= 15 is 0 Å². The number of carbonyl (C=O) groups excluding carboxylic acids is 1. The van der Waals surface area contributed by atoms with Crippen molar-refractivity contribution in [2.45, 2.75) is 32.8 Å². The Balaban J connectivity index is 4.71. The zero-order valence-electron chi connectivity index (χ0n) is 10.4. The van der Waals surface area contributed by atoms with Crippen LogP contribution in [0.3, 0.4) is 0 Å². The average molecular weight is 231 g/mol. The van der Waals surface area contributed by atoms with Gasteiger partial charge in [-0.2, -0.15) is 0 Å². The van der Waals surface area contributed by atoms with E-state index in [9.17, 15) is 4.79 Å². The van der Waals surface area contributed by atoms with Crippen molar-refractivity contribution in [2.24, 2.45) is 10.9 Å². The summed E-state index contributed by atoms with van der Waals surface area (Å²) in [5, 5.41) is 11.3. The van der Waals surface area contributed by atoms with Gasteiger partial charge in [0.15, 0.2) is 5.84 Å². The third kappa shape index (κ3) is 4.06. The van der Waals surface area contributed by atoms with Crippen molar-refractivity contribution >= 4 is 11.7 Å². The molecule has 0 aliphatic carbocycles. The van der Waals surface area contributed by atoms with E-state index in [1.54, 1.807) is 13.8 Å². The van der Waals surface area contributed by atoms with Crippen LogP contribution in [0.2, 0.25) is 0 Å². The molecule has 0 rings (SSSR count). The van der Waals surface area contributed by atoms with Gasteiger partial charge >= 0.3 is 0 Å². The minimum absolute atomic E-state index is 0.00806. The van der Waals surface area contributed by atoms with Crippen molar-refractivity contribution in [3.8, 4) is 0 Å². The highest BCUT2D eigenvalue weighted by atomic mass is 16.5. The normalized spacial score (nSPS) is 12.6. The Kier molecular flexibility index (Phi) is 5.81. The van der Waals surface area contributed by atoms with E-state index < -0.39 is 5.60 Å². The molecule has 0 heterocycles. The molecule has 1 amide bonds. The molecule has 0 atom stereocenters. The predicted octanol–water partition coefficient (Wildman–Crippen LogP) is 0.396. The molecule has 6 nitrogen and oxygen atoms in total. The summed E-state index contributed by atoms with van der Waals surface area (Å²) in [6, 6.07) is 0. The van der Waals surface area contributed by atoms with Crippen LogP contribution >= 0.6 is 0 Å². The Bertz CT molecular complexity index is 264. The molecule has 0 bridgehead atoms.